The van der Waals surface area contributed by atoms with E-state index in [0.29, 0.717) is 6.04 Å². The highest BCUT2D eigenvalue weighted by atomic mass is 14.9. The van der Waals surface area contributed by atoms with E-state index in [9.17, 15) is 0 Å². The Bertz CT molecular complexity index is 180. The largest absolute Gasteiger partial charge is 0.304 e. The van der Waals surface area contributed by atoms with Crippen molar-refractivity contribution in [3.63, 3.8) is 0 Å². The minimum atomic E-state index is 0.296. The molecule has 0 rings (SSSR count). The second kappa shape index (κ2) is 13.6. The Morgan fingerprint density at radius 1 is 0.882 bits per heavy atom. The third-order valence-corrected chi connectivity index (χ3v) is 3.25. The standard InChI is InChI=1S/C16H31N/c1-4-7-8-9-10-11-12-13-14-15-16(5-2)17-6-3/h2,16-17H,4,6-15H2,1,3H3. The van der Waals surface area contributed by atoms with Crippen molar-refractivity contribution >= 4 is 0 Å². The topological polar surface area (TPSA) is 12.0 Å². The van der Waals surface area contributed by atoms with Crippen molar-refractivity contribution in [1.29, 1.82) is 0 Å². The van der Waals surface area contributed by atoms with Gasteiger partial charge < -0.3 is 5.32 Å². The summed E-state index contributed by atoms with van der Waals surface area (Å²) in [6.45, 7) is 5.36. The summed E-state index contributed by atoms with van der Waals surface area (Å²) in [6.07, 6.45) is 19.0. The van der Waals surface area contributed by atoms with E-state index in [1.165, 1.54) is 57.8 Å². The molecule has 1 heteroatoms. The molecule has 0 aliphatic heterocycles. The number of nitrogens with one attached hydrogen (secondary N) is 1. The highest BCUT2D eigenvalue weighted by Gasteiger charge is 2.01. The van der Waals surface area contributed by atoms with E-state index >= 15 is 0 Å². The first-order valence-electron chi connectivity index (χ1n) is 7.54. The Labute approximate surface area is 109 Å². The molecule has 0 aromatic carbocycles. The second-order valence-corrected chi connectivity index (χ2v) is 4.89. The van der Waals surface area contributed by atoms with Crippen LogP contribution in [0.2, 0.25) is 0 Å². The summed E-state index contributed by atoms with van der Waals surface area (Å²) in [6, 6.07) is 0.296. The normalized spacial score (nSPS) is 12.3. The van der Waals surface area contributed by atoms with Crippen molar-refractivity contribution in [3.05, 3.63) is 0 Å². The number of hydrogen-bond donors (Lipinski definition) is 1. The predicted octanol–water partition coefficient (Wildman–Crippen LogP) is 4.52. The lowest BCUT2D eigenvalue weighted by atomic mass is 10.0. The Morgan fingerprint density at radius 2 is 1.41 bits per heavy atom. The second-order valence-electron chi connectivity index (χ2n) is 4.89. The lowest BCUT2D eigenvalue weighted by Crippen LogP contribution is -2.26. The van der Waals surface area contributed by atoms with Crippen LogP contribution in [0.15, 0.2) is 0 Å². The summed E-state index contributed by atoms with van der Waals surface area (Å²) >= 11 is 0. The summed E-state index contributed by atoms with van der Waals surface area (Å²) in [5, 5.41) is 3.32. The highest BCUT2D eigenvalue weighted by Crippen LogP contribution is 2.11. The molecule has 0 aromatic rings. The Balaban J connectivity index is 3.15. The van der Waals surface area contributed by atoms with Gasteiger partial charge in [-0.3, -0.25) is 0 Å². The van der Waals surface area contributed by atoms with Crippen molar-refractivity contribution in [3.8, 4) is 12.3 Å². The lowest BCUT2D eigenvalue weighted by Gasteiger charge is -2.10. The zero-order valence-electron chi connectivity index (χ0n) is 11.9. The highest BCUT2D eigenvalue weighted by molar-refractivity contribution is 4.98. The maximum atomic E-state index is 5.46. The molecular formula is C16H31N. The van der Waals surface area contributed by atoms with E-state index < -0.39 is 0 Å². The molecule has 0 heterocycles. The minimum absolute atomic E-state index is 0.296. The third kappa shape index (κ3) is 11.8. The van der Waals surface area contributed by atoms with Gasteiger partial charge in [0.25, 0.3) is 0 Å². The van der Waals surface area contributed by atoms with Gasteiger partial charge >= 0.3 is 0 Å². The first-order valence-corrected chi connectivity index (χ1v) is 7.54. The van der Waals surface area contributed by atoms with Crippen LogP contribution in [0, 0.1) is 12.3 Å². The van der Waals surface area contributed by atoms with E-state index in [1.54, 1.807) is 0 Å². The fourth-order valence-corrected chi connectivity index (χ4v) is 2.15. The SMILES string of the molecule is C#CC(CCCCCCCCCCC)NCC. The molecule has 0 saturated heterocycles. The van der Waals surface area contributed by atoms with Crippen molar-refractivity contribution in [1.82, 2.24) is 5.32 Å². The van der Waals surface area contributed by atoms with Gasteiger partial charge in [0.05, 0.1) is 6.04 Å². The van der Waals surface area contributed by atoms with E-state index in [1.807, 2.05) is 0 Å². The van der Waals surface area contributed by atoms with Gasteiger partial charge in [-0.2, -0.15) is 0 Å². The van der Waals surface area contributed by atoms with E-state index in [-0.39, 0.29) is 0 Å². The summed E-state index contributed by atoms with van der Waals surface area (Å²) in [7, 11) is 0. The summed E-state index contributed by atoms with van der Waals surface area (Å²) < 4.78 is 0. The van der Waals surface area contributed by atoms with Crippen molar-refractivity contribution < 1.29 is 0 Å². The molecule has 0 aromatic heterocycles. The zero-order valence-corrected chi connectivity index (χ0v) is 11.9. The molecule has 1 atom stereocenters. The summed E-state index contributed by atoms with van der Waals surface area (Å²) in [5.74, 6) is 2.82. The third-order valence-electron chi connectivity index (χ3n) is 3.25. The Hall–Kier alpha value is -0.480. The number of unbranched alkanes of at least 4 members (excludes halogenated alkanes) is 8. The molecule has 0 bridgehead atoms. The summed E-state index contributed by atoms with van der Waals surface area (Å²) in [4.78, 5) is 0. The van der Waals surface area contributed by atoms with E-state index in [2.05, 4.69) is 25.1 Å². The molecule has 1 N–H and O–H groups in total. The summed E-state index contributed by atoms with van der Waals surface area (Å²) in [5.41, 5.74) is 0. The molecule has 1 unspecified atom stereocenters. The zero-order chi connectivity index (χ0) is 12.8. The van der Waals surface area contributed by atoms with Crippen LogP contribution in [0.1, 0.15) is 78.1 Å². The maximum Gasteiger partial charge on any atom is 0.0686 e. The Morgan fingerprint density at radius 3 is 1.88 bits per heavy atom. The van der Waals surface area contributed by atoms with Crippen molar-refractivity contribution in [2.24, 2.45) is 0 Å². The van der Waals surface area contributed by atoms with Crippen LogP contribution in [0.4, 0.5) is 0 Å². The predicted molar refractivity (Wildman–Crippen MR) is 78.1 cm³/mol. The van der Waals surface area contributed by atoms with Gasteiger partial charge in [0.1, 0.15) is 0 Å². The van der Waals surface area contributed by atoms with Crippen LogP contribution >= 0.6 is 0 Å². The molecule has 0 spiro atoms. The van der Waals surface area contributed by atoms with Crippen molar-refractivity contribution in [2.45, 2.75) is 84.1 Å². The van der Waals surface area contributed by atoms with Gasteiger partial charge in [0.2, 0.25) is 0 Å². The van der Waals surface area contributed by atoms with Gasteiger partial charge in [-0.15, -0.1) is 6.42 Å². The number of rotatable bonds is 12. The maximum absolute atomic E-state index is 5.46. The molecule has 100 valence electrons. The first kappa shape index (κ1) is 16.5. The van der Waals surface area contributed by atoms with Gasteiger partial charge in [0, 0.05) is 0 Å². The smallest absolute Gasteiger partial charge is 0.0686 e. The molecular weight excluding hydrogens is 206 g/mol. The molecule has 0 fully saturated rings. The molecule has 0 aliphatic rings. The molecule has 0 saturated carbocycles. The van der Waals surface area contributed by atoms with Gasteiger partial charge in [-0.05, 0) is 13.0 Å². The van der Waals surface area contributed by atoms with Gasteiger partial charge in [-0.1, -0.05) is 77.6 Å². The molecule has 1 nitrogen and oxygen atoms in total. The van der Waals surface area contributed by atoms with Crippen molar-refractivity contribution in [2.75, 3.05) is 6.54 Å². The minimum Gasteiger partial charge on any atom is -0.304 e. The van der Waals surface area contributed by atoms with Crippen LogP contribution in [0.3, 0.4) is 0 Å². The fourth-order valence-electron chi connectivity index (χ4n) is 2.15. The number of terminal acetylenes is 1. The van der Waals surface area contributed by atoms with E-state index in [4.69, 9.17) is 6.42 Å². The monoisotopic (exact) mass is 237 g/mol. The lowest BCUT2D eigenvalue weighted by molar-refractivity contribution is 0.519. The van der Waals surface area contributed by atoms with Crippen LogP contribution in [0.5, 0.6) is 0 Å². The van der Waals surface area contributed by atoms with Crippen LogP contribution in [-0.4, -0.2) is 12.6 Å². The molecule has 17 heavy (non-hydrogen) atoms. The number of hydrogen-bond acceptors (Lipinski definition) is 1. The Kier molecular flexibility index (Phi) is 13.2. The first-order chi connectivity index (χ1) is 8.35. The van der Waals surface area contributed by atoms with Crippen LogP contribution in [0.25, 0.3) is 0 Å². The average Bonchev–Trinajstić information content (AvgIpc) is 2.35. The molecule has 0 radical (unpaired) electrons. The average molecular weight is 237 g/mol. The van der Waals surface area contributed by atoms with E-state index in [0.717, 1.165) is 13.0 Å². The van der Waals surface area contributed by atoms with Crippen LogP contribution < -0.4 is 5.32 Å². The quantitative estimate of drug-likeness (QED) is 0.389. The fraction of sp³-hybridized carbons (Fsp3) is 0.875. The van der Waals surface area contributed by atoms with Gasteiger partial charge in [-0.25, -0.2) is 0 Å². The molecule has 0 amide bonds. The van der Waals surface area contributed by atoms with Gasteiger partial charge in [0.15, 0.2) is 0 Å². The van der Waals surface area contributed by atoms with Crippen LogP contribution in [-0.2, 0) is 0 Å². The molecule has 0 aliphatic carbocycles.